The van der Waals surface area contributed by atoms with Crippen molar-refractivity contribution in [3.8, 4) is 0 Å². The van der Waals surface area contributed by atoms with E-state index in [0.29, 0.717) is 5.56 Å². The Morgan fingerprint density at radius 2 is 1.75 bits per heavy atom. The summed E-state index contributed by atoms with van der Waals surface area (Å²) in [5.74, 6) is 0. The van der Waals surface area contributed by atoms with Gasteiger partial charge in [0.15, 0.2) is 6.29 Å². The van der Waals surface area contributed by atoms with E-state index in [4.69, 9.17) is 0 Å². The monoisotopic (exact) mass is 285 g/mol. The molecular weight excluding hydrogens is 266 g/mol. The Kier molecular flexibility index (Phi) is 7.22. The van der Waals surface area contributed by atoms with Crippen molar-refractivity contribution in [1.29, 1.82) is 0 Å². The molecule has 20 heavy (non-hydrogen) atoms. The van der Waals surface area contributed by atoms with Crippen LogP contribution in [0.5, 0.6) is 0 Å². The fourth-order valence-corrected chi connectivity index (χ4v) is 1.86. The molecule has 0 saturated heterocycles. The first kappa shape index (κ1) is 16.1. The first-order chi connectivity index (χ1) is 9.72. The van der Waals surface area contributed by atoms with Crippen LogP contribution in [0.3, 0.4) is 0 Å². The normalized spacial score (nSPS) is 9.75. The molecule has 0 aromatic heterocycles. The van der Waals surface area contributed by atoms with Crippen LogP contribution in [0.25, 0.3) is 6.08 Å². The van der Waals surface area contributed by atoms with E-state index in [1.165, 1.54) is 0 Å². The predicted molar refractivity (Wildman–Crippen MR) is 89.8 cm³/mol. The Balaban J connectivity index is 0.000000240. The first-order valence-corrected chi connectivity index (χ1v) is 6.80. The molecule has 0 heterocycles. The van der Waals surface area contributed by atoms with E-state index in [-0.39, 0.29) is 0 Å². The minimum Gasteiger partial charge on any atom is -0.388 e. The smallest absolute Gasteiger partial charge is 0.150 e. The molecule has 2 aromatic rings. The third-order valence-corrected chi connectivity index (χ3v) is 2.92. The summed E-state index contributed by atoms with van der Waals surface area (Å²) in [5, 5.41) is 3.04. The first-order valence-electron chi connectivity index (χ1n) is 6.35. The third kappa shape index (κ3) is 4.94. The molecule has 0 aliphatic rings. The van der Waals surface area contributed by atoms with Crippen LogP contribution in [0.1, 0.15) is 22.8 Å². The quantitative estimate of drug-likeness (QED) is 0.640. The van der Waals surface area contributed by atoms with E-state index >= 15 is 0 Å². The Morgan fingerprint density at radius 3 is 2.20 bits per heavy atom. The number of carbonyl (C=O) groups is 1. The molecule has 0 saturated carbocycles. The Bertz CT molecular complexity index is 564. The van der Waals surface area contributed by atoms with Crippen molar-refractivity contribution in [2.75, 3.05) is 12.4 Å². The highest BCUT2D eigenvalue weighted by atomic mass is 32.1. The summed E-state index contributed by atoms with van der Waals surface area (Å²) >= 11 is 4.08. The van der Waals surface area contributed by atoms with Gasteiger partial charge in [0.25, 0.3) is 0 Å². The van der Waals surface area contributed by atoms with Gasteiger partial charge in [0.2, 0.25) is 0 Å². The molecule has 0 aliphatic carbocycles. The molecule has 0 aliphatic heterocycles. The third-order valence-electron chi connectivity index (χ3n) is 2.63. The molecule has 0 unspecified atom stereocenters. The van der Waals surface area contributed by atoms with Crippen molar-refractivity contribution in [2.45, 2.75) is 11.8 Å². The number of aldehydes is 1. The number of thiol groups is 1. The van der Waals surface area contributed by atoms with Crippen LogP contribution >= 0.6 is 12.6 Å². The van der Waals surface area contributed by atoms with E-state index in [2.05, 4.69) is 17.9 Å². The number of rotatable bonds is 3. The van der Waals surface area contributed by atoms with E-state index in [1.54, 1.807) is 0 Å². The molecule has 0 spiro atoms. The SMILES string of the molecule is C/C=C\c1c(C=O)cccc1NC.Sc1ccccc1. The highest BCUT2D eigenvalue weighted by molar-refractivity contribution is 7.80. The summed E-state index contributed by atoms with van der Waals surface area (Å²) in [4.78, 5) is 11.7. The molecule has 0 radical (unpaired) electrons. The number of hydrogen-bond acceptors (Lipinski definition) is 3. The van der Waals surface area contributed by atoms with Crippen molar-refractivity contribution in [2.24, 2.45) is 0 Å². The average Bonchev–Trinajstić information content (AvgIpc) is 2.49. The van der Waals surface area contributed by atoms with Crippen LogP contribution in [0.4, 0.5) is 5.69 Å². The molecule has 2 rings (SSSR count). The van der Waals surface area contributed by atoms with Gasteiger partial charge in [-0.3, -0.25) is 4.79 Å². The fourth-order valence-electron chi connectivity index (χ4n) is 1.68. The molecule has 0 fully saturated rings. The summed E-state index contributed by atoms with van der Waals surface area (Å²) < 4.78 is 0. The number of benzene rings is 2. The lowest BCUT2D eigenvalue weighted by atomic mass is 10.1. The second kappa shape index (κ2) is 8.99. The standard InChI is InChI=1S/C11H13NO.C6H6S/c1-3-5-10-9(8-13)6-4-7-11(10)12-2;7-6-4-2-1-3-5-6/h3-8,12H,1-2H3;1-5,7H/b5-3-;. The predicted octanol–water partition coefficient (Wildman–Crippen LogP) is 4.55. The number of anilines is 1. The molecule has 0 atom stereocenters. The van der Waals surface area contributed by atoms with Crippen LogP contribution in [0, 0.1) is 0 Å². The summed E-state index contributed by atoms with van der Waals surface area (Å²) in [6.45, 7) is 1.93. The molecule has 2 nitrogen and oxygen atoms in total. The zero-order valence-electron chi connectivity index (χ0n) is 11.7. The molecule has 0 amide bonds. The minimum atomic E-state index is 0.713. The summed E-state index contributed by atoms with van der Waals surface area (Å²) in [6.07, 6.45) is 4.72. The molecule has 2 aromatic carbocycles. The van der Waals surface area contributed by atoms with Gasteiger partial charge in [-0.1, -0.05) is 42.5 Å². The second-order valence-electron chi connectivity index (χ2n) is 4.01. The van der Waals surface area contributed by atoms with Gasteiger partial charge in [0.1, 0.15) is 0 Å². The van der Waals surface area contributed by atoms with Crippen LogP contribution in [-0.2, 0) is 0 Å². The lowest BCUT2D eigenvalue weighted by Gasteiger charge is -2.06. The van der Waals surface area contributed by atoms with Crippen molar-refractivity contribution < 1.29 is 4.79 Å². The van der Waals surface area contributed by atoms with Gasteiger partial charge >= 0.3 is 0 Å². The Morgan fingerprint density at radius 1 is 1.05 bits per heavy atom. The van der Waals surface area contributed by atoms with Crippen molar-refractivity contribution in [3.63, 3.8) is 0 Å². The number of carbonyl (C=O) groups excluding carboxylic acids is 1. The van der Waals surface area contributed by atoms with Crippen LogP contribution in [0.2, 0.25) is 0 Å². The highest BCUT2D eigenvalue weighted by Gasteiger charge is 2.01. The topological polar surface area (TPSA) is 29.1 Å². The second-order valence-corrected chi connectivity index (χ2v) is 4.53. The van der Waals surface area contributed by atoms with Crippen molar-refractivity contribution in [3.05, 3.63) is 65.7 Å². The van der Waals surface area contributed by atoms with E-state index < -0.39 is 0 Å². The van der Waals surface area contributed by atoms with Gasteiger partial charge < -0.3 is 5.32 Å². The lowest BCUT2D eigenvalue weighted by molar-refractivity contribution is 0.112. The Labute approximate surface area is 125 Å². The van der Waals surface area contributed by atoms with Gasteiger partial charge in [-0.15, -0.1) is 12.6 Å². The lowest BCUT2D eigenvalue weighted by Crippen LogP contribution is -1.95. The van der Waals surface area contributed by atoms with E-state index in [1.807, 2.05) is 74.7 Å². The van der Waals surface area contributed by atoms with Crippen LogP contribution in [-0.4, -0.2) is 13.3 Å². The van der Waals surface area contributed by atoms with E-state index in [9.17, 15) is 4.79 Å². The van der Waals surface area contributed by atoms with Crippen molar-refractivity contribution >= 4 is 30.7 Å². The minimum absolute atomic E-state index is 0.713. The van der Waals surface area contributed by atoms with Gasteiger partial charge in [-0.05, 0) is 25.1 Å². The van der Waals surface area contributed by atoms with Crippen molar-refractivity contribution in [1.82, 2.24) is 0 Å². The maximum Gasteiger partial charge on any atom is 0.150 e. The molecule has 104 valence electrons. The molecule has 1 N–H and O–H groups in total. The average molecular weight is 285 g/mol. The molecular formula is C17H19NOS. The molecule has 3 heteroatoms. The number of nitrogens with one attached hydrogen (secondary N) is 1. The number of hydrogen-bond donors (Lipinski definition) is 2. The number of allylic oxidation sites excluding steroid dienone is 1. The largest absolute Gasteiger partial charge is 0.388 e. The summed E-state index contributed by atoms with van der Waals surface area (Å²) in [6, 6.07) is 15.4. The van der Waals surface area contributed by atoms with Crippen LogP contribution < -0.4 is 5.32 Å². The Hall–Kier alpha value is -2.00. The van der Waals surface area contributed by atoms with E-state index in [0.717, 1.165) is 22.4 Å². The maximum atomic E-state index is 10.7. The van der Waals surface area contributed by atoms with Gasteiger partial charge in [0.05, 0.1) is 0 Å². The zero-order chi connectivity index (χ0) is 14.8. The summed E-state index contributed by atoms with van der Waals surface area (Å²) in [5.41, 5.74) is 2.63. The maximum absolute atomic E-state index is 10.7. The summed E-state index contributed by atoms with van der Waals surface area (Å²) in [7, 11) is 1.84. The highest BCUT2D eigenvalue weighted by Crippen LogP contribution is 2.19. The van der Waals surface area contributed by atoms with Gasteiger partial charge in [-0.2, -0.15) is 0 Å². The molecule has 0 bridgehead atoms. The van der Waals surface area contributed by atoms with Gasteiger partial charge in [0, 0.05) is 28.8 Å². The van der Waals surface area contributed by atoms with Crippen LogP contribution in [0.15, 0.2) is 59.5 Å². The zero-order valence-corrected chi connectivity index (χ0v) is 12.6. The van der Waals surface area contributed by atoms with Gasteiger partial charge in [-0.25, -0.2) is 0 Å². The fraction of sp³-hybridized carbons (Fsp3) is 0.118.